The van der Waals surface area contributed by atoms with E-state index in [1.807, 2.05) is 0 Å². The molecule has 108 valence electrons. The topological polar surface area (TPSA) is 55.1 Å². The van der Waals surface area contributed by atoms with Crippen LogP contribution in [-0.2, 0) is 4.79 Å². The Hall–Kier alpha value is -0.640. The van der Waals surface area contributed by atoms with E-state index in [9.17, 15) is 4.79 Å². The molecule has 0 aromatic carbocycles. The number of carbonyl (C=O) groups is 1. The van der Waals surface area contributed by atoms with Gasteiger partial charge in [0.05, 0.1) is 10.4 Å². The summed E-state index contributed by atoms with van der Waals surface area (Å²) in [6.07, 6.45) is 8.94. The Balaban J connectivity index is 1.91. The Morgan fingerprint density at radius 3 is 2.47 bits per heavy atom. The quantitative estimate of drug-likeness (QED) is 0.780. The van der Waals surface area contributed by atoms with Crippen molar-refractivity contribution in [3.05, 3.63) is 0 Å². The molecule has 4 heteroatoms. The van der Waals surface area contributed by atoms with Gasteiger partial charge in [-0.05, 0) is 31.1 Å². The van der Waals surface area contributed by atoms with Crippen LogP contribution in [0.25, 0.3) is 0 Å². The van der Waals surface area contributed by atoms with Crippen LogP contribution in [-0.4, -0.2) is 17.4 Å². The smallest absolute Gasteiger partial charge is 0.233 e. The van der Waals surface area contributed by atoms with Gasteiger partial charge in [0.1, 0.15) is 0 Å². The molecule has 2 aliphatic rings. The molecule has 0 aliphatic heterocycles. The molecule has 0 radical (unpaired) electrons. The summed E-state index contributed by atoms with van der Waals surface area (Å²) >= 11 is 5.15. The first-order chi connectivity index (χ1) is 9.06. The molecule has 2 aliphatic carbocycles. The molecule has 19 heavy (non-hydrogen) atoms. The lowest BCUT2D eigenvalue weighted by Gasteiger charge is -2.31. The van der Waals surface area contributed by atoms with Gasteiger partial charge in [0.25, 0.3) is 0 Å². The summed E-state index contributed by atoms with van der Waals surface area (Å²) in [7, 11) is 0. The molecule has 0 saturated heterocycles. The summed E-state index contributed by atoms with van der Waals surface area (Å²) in [5.74, 6) is 1.43. The molecule has 2 rings (SSSR count). The average Bonchev–Trinajstić information content (AvgIpc) is 2.88. The summed E-state index contributed by atoms with van der Waals surface area (Å²) in [5, 5.41) is 3.14. The minimum absolute atomic E-state index is 0.0790. The van der Waals surface area contributed by atoms with E-state index >= 15 is 0 Å². The zero-order valence-corrected chi connectivity index (χ0v) is 12.7. The third-order valence-electron chi connectivity index (χ3n) is 5.18. The first-order valence-corrected chi connectivity index (χ1v) is 8.05. The third-order valence-corrected chi connectivity index (χ3v) is 5.57. The molecule has 0 heterocycles. The molecule has 2 saturated carbocycles. The molecular formula is C15H26N2OS. The van der Waals surface area contributed by atoms with E-state index in [4.69, 9.17) is 18.0 Å². The van der Waals surface area contributed by atoms with Crippen LogP contribution in [0.3, 0.4) is 0 Å². The lowest BCUT2D eigenvalue weighted by atomic mass is 9.80. The molecule has 3 nitrogen and oxygen atoms in total. The van der Waals surface area contributed by atoms with Gasteiger partial charge in [-0.3, -0.25) is 4.79 Å². The number of rotatable bonds is 4. The predicted octanol–water partition coefficient (Wildman–Crippen LogP) is 2.78. The van der Waals surface area contributed by atoms with Crippen LogP contribution >= 0.6 is 12.2 Å². The van der Waals surface area contributed by atoms with Gasteiger partial charge in [0.2, 0.25) is 5.91 Å². The SMILES string of the molecule is CC1CCCCC1CNC(=O)C1(C(N)=S)CCCC1. The summed E-state index contributed by atoms with van der Waals surface area (Å²) < 4.78 is 0. The van der Waals surface area contributed by atoms with Crippen molar-refractivity contribution < 1.29 is 4.79 Å². The second-order valence-corrected chi connectivity index (χ2v) is 6.83. The Bertz CT molecular complexity index is 350. The van der Waals surface area contributed by atoms with E-state index in [0.717, 1.165) is 38.1 Å². The minimum atomic E-state index is -0.548. The maximum absolute atomic E-state index is 12.5. The normalized spacial score (nSPS) is 29.9. The predicted molar refractivity (Wildman–Crippen MR) is 81.8 cm³/mol. The lowest BCUT2D eigenvalue weighted by Crippen LogP contribution is -2.48. The molecule has 2 fully saturated rings. The van der Waals surface area contributed by atoms with Crippen LogP contribution in [0.2, 0.25) is 0 Å². The summed E-state index contributed by atoms with van der Waals surface area (Å²) in [5.41, 5.74) is 5.29. The van der Waals surface area contributed by atoms with E-state index in [0.29, 0.717) is 10.9 Å². The van der Waals surface area contributed by atoms with Gasteiger partial charge in [-0.25, -0.2) is 0 Å². The number of hydrogen-bond donors (Lipinski definition) is 2. The van der Waals surface area contributed by atoms with E-state index in [1.54, 1.807) is 0 Å². The molecule has 0 aromatic rings. The van der Waals surface area contributed by atoms with Crippen LogP contribution < -0.4 is 11.1 Å². The Kier molecular flexibility index (Phi) is 4.82. The van der Waals surface area contributed by atoms with Gasteiger partial charge in [-0.1, -0.05) is 51.2 Å². The fourth-order valence-corrected chi connectivity index (χ4v) is 3.95. The molecule has 0 aromatic heterocycles. The highest BCUT2D eigenvalue weighted by Gasteiger charge is 2.44. The van der Waals surface area contributed by atoms with Crippen LogP contribution in [0.4, 0.5) is 0 Å². The number of carbonyl (C=O) groups excluding carboxylic acids is 1. The molecule has 2 atom stereocenters. The van der Waals surface area contributed by atoms with Crippen LogP contribution in [0, 0.1) is 17.3 Å². The van der Waals surface area contributed by atoms with Crippen molar-refractivity contribution in [3.8, 4) is 0 Å². The first-order valence-electron chi connectivity index (χ1n) is 7.64. The highest BCUT2D eigenvalue weighted by molar-refractivity contribution is 7.80. The molecule has 0 bridgehead atoms. The van der Waals surface area contributed by atoms with Gasteiger partial charge in [0.15, 0.2) is 0 Å². The van der Waals surface area contributed by atoms with Gasteiger partial charge < -0.3 is 11.1 Å². The van der Waals surface area contributed by atoms with Gasteiger partial charge in [-0.15, -0.1) is 0 Å². The van der Waals surface area contributed by atoms with E-state index in [2.05, 4.69) is 12.2 Å². The fourth-order valence-electron chi connectivity index (χ4n) is 3.65. The standard InChI is InChI=1S/C15H26N2OS/c1-11-6-2-3-7-12(11)10-17-14(18)15(13(16)19)8-4-5-9-15/h11-12H,2-10H2,1H3,(H2,16,19)(H,17,18). The van der Waals surface area contributed by atoms with Gasteiger partial charge >= 0.3 is 0 Å². The van der Waals surface area contributed by atoms with Gasteiger partial charge in [-0.2, -0.15) is 0 Å². The lowest BCUT2D eigenvalue weighted by molar-refractivity contribution is -0.127. The zero-order chi connectivity index (χ0) is 13.9. The highest BCUT2D eigenvalue weighted by Crippen LogP contribution is 2.39. The summed E-state index contributed by atoms with van der Waals surface area (Å²) in [4.78, 5) is 12.9. The number of thiocarbonyl (C=S) groups is 1. The minimum Gasteiger partial charge on any atom is -0.392 e. The van der Waals surface area contributed by atoms with Crippen molar-refractivity contribution in [2.75, 3.05) is 6.54 Å². The molecule has 0 spiro atoms. The fraction of sp³-hybridized carbons (Fsp3) is 0.867. The first kappa shape index (κ1) is 14.8. The Morgan fingerprint density at radius 1 is 1.26 bits per heavy atom. The van der Waals surface area contributed by atoms with Crippen molar-refractivity contribution in [1.29, 1.82) is 0 Å². The maximum atomic E-state index is 12.5. The van der Waals surface area contributed by atoms with Crippen molar-refractivity contribution in [1.82, 2.24) is 5.32 Å². The monoisotopic (exact) mass is 282 g/mol. The Labute approximate surface area is 121 Å². The van der Waals surface area contributed by atoms with Crippen molar-refractivity contribution in [3.63, 3.8) is 0 Å². The summed E-state index contributed by atoms with van der Waals surface area (Å²) in [6, 6.07) is 0. The average molecular weight is 282 g/mol. The zero-order valence-electron chi connectivity index (χ0n) is 11.9. The van der Waals surface area contributed by atoms with Crippen molar-refractivity contribution in [2.45, 2.75) is 58.3 Å². The van der Waals surface area contributed by atoms with Crippen LogP contribution in [0.15, 0.2) is 0 Å². The summed E-state index contributed by atoms with van der Waals surface area (Å²) in [6.45, 7) is 3.10. The van der Waals surface area contributed by atoms with Crippen molar-refractivity contribution in [2.24, 2.45) is 23.0 Å². The molecule has 3 N–H and O–H groups in total. The maximum Gasteiger partial charge on any atom is 0.233 e. The van der Waals surface area contributed by atoms with Crippen molar-refractivity contribution >= 4 is 23.1 Å². The van der Waals surface area contributed by atoms with Crippen LogP contribution in [0.1, 0.15) is 58.3 Å². The van der Waals surface area contributed by atoms with E-state index in [-0.39, 0.29) is 5.91 Å². The molecular weight excluding hydrogens is 256 g/mol. The second-order valence-electron chi connectivity index (χ2n) is 6.39. The largest absolute Gasteiger partial charge is 0.392 e. The number of nitrogens with one attached hydrogen (secondary N) is 1. The number of amides is 1. The second kappa shape index (κ2) is 6.21. The molecule has 1 amide bonds. The molecule has 2 unspecified atom stereocenters. The Morgan fingerprint density at radius 2 is 1.89 bits per heavy atom. The third kappa shape index (κ3) is 3.10. The van der Waals surface area contributed by atoms with Gasteiger partial charge in [0, 0.05) is 6.54 Å². The number of hydrogen-bond acceptors (Lipinski definition) is 2. The van der Waals surface area contributed by atoms with Crippen LogP contribution in [0.5, 0.6) is 0 Å². The van der Waals surface area contributed by atoms with E-state index in [1.165, 1.54) is 25.7 Å². The highest BCUT2D eigenvalue weighted by atomic mass is 32.1. The van der Waals surface area contributed by atoms with E-state index < -0.39 is 5.41 Å². The number of nitrogens with two attached hydrogens (primary N) is 1.